The summed E-state index contributed by atoms with van der Waals surface area (Å²) in [5.41, 5.74) is 0.410. The third kappa shape index (κ3) is 10.1. The molecule has 0 bridgehead atoms. The average molecular weight is 514 g/mol. The average Bonchev–Trinajstić information content (AvgIpc) is 2.85. The number of nitrogens with zero attached hydrogens (tertiary/aromatic N) is 1. The number of hydrogen-bond donors (Lipinski definition) is 2. The first-order chi connectivity index (χ1) is 17.2. The minimum absolute atomic E-state index is 0.0306. The molecule has 7 nitrogen and oxygen atoms in total. The fraction of sp³-hybridized carbons (Fsp3) is 0.667. The van der Waals surface area contributed by atoms with E-state index in [1.807, 2.05) is 0 Å². The van der Waals surface area contributed by atoms with Crippen LogP contribution in [0.3, 0.4) is 0 Å². The van der Waals surface area contributed by atoms with Crippen molar-refractivity contribution in [1.82, 2.24) is 4.90 Å². The van der Waals surface area contributed by atoms with E-state index in [0.717, 1.165) is 32.8 Å². The van der Waals surface area contributed by atoms with E-state index < -0.39 is 41.6 Å². The minimum atomic E-state index is -1.70. The summed E-state index contributed by atoms with van der Waals surface area (Å²) in [6, 6.07) is 2.31. The molecule has 0 saturated heterocycles. The lowest BCUT2D eigenvalue weighted by Gasteiger charge is -2.31. The summed E-state index contributed by atoms with van der Waals surface area (Å²) in [5.74, 6) is -6.56. The van der Waals surface area contributed by atoms with Crippen LogP contribution in [0.25, 0.3) is 0 Å². The first-order valence-electron chi connectivity index (χ1n) is 12.9. The zero-order valence-corrected chi connectivity index (χ0v) is 21.7. The van der Waals surface area contributed by atoms with E-state index in [1.54, 1.807) is 13.0 Å². The number of hydrogen-bond acceptors (Lipinski definition) is 4. The molecule has 1 atom stereocenters. The number of carboxylic acids is 2. The summed E-state index contributed by atoms with van der Waals surface area (Å²) < 4.78 is 34.2. The Hall–Kier alpha value is -2.71. The second-order valence-corrected chi connectivity index (χ2v) is 9.18. The van der Waals surface area contributed by atoms with Gasteiger partial charge in [-0.1, -0.05) is 70.9 Å². The predicted octanol–water partition coefficient (Wildman–Crippen LogP) is 6.21. The van der Waals surface area contributed by atoms with Crippen molar-refractivity contribution in [2.24, 2.45) is 5.92 Å². The van der Waals surface area contributed by atoms with E-state index in [9.17, 15) is 33.4 Å². The number of ether oxygens (including phenoxy) is 1. The molecular formula is C27H41F2NO6. The zero-order valence-electron chi connectivity index (χ0n) is 21.7. The molecule has 0 heterocycles. The van der Waals surface area contributed by atoms with Crippen LogP contribution in [0.1, 0.15) is 89.2 Å². The van der Waals surface area contributed by atoms with Gasteiger partial charge in [-0.15, -0.1) is 0 Å². The van der Waals surface area contributed by atoms with Gasteiger partial charge in [-0.2, -0.15) is 0 Å². The van der Waals surface area contributed by atoms with Crippen LogP contribution in [0.4, 0.5) is 13.6 Å². The molecule has 0 saturated carbocycles. The molecule has 36 heavy (non-hydrogen) atoms. The molecule has 9 heteroatoms. The van der Waals surface area contributed by atoms with Crippen LogP contribution in [0.15, 0.2) is 12.1 Å². The minimum Gasteiger partial charge on any atom is -0.481 e. The maximum atomic E-state index is 14.8. The number of aryl methyl sites for hydroxylation is 1. The maximum Gasteiger partial charge on any atom is 0.409 e. The lowest BCUT2D eigenvalue weighted by molar-refractivity contribution is -0.155. The first-order valence-corrected chi connectivity index (χ1v) is 12.9. The summed E-state index contributed by atoms with van der Waals surface area (Å²) in [5, 5.41) is 18.4. The van der Waals surface area contributed by atoms with Crippen LogP contribution in [-0.4, -0.2) is 52.8 Å². The number of halogens is 2. The van der Waals surface area contributed by atoms with Crippen molar-refractivity contribution in [2.45, 2.75) is 96.9 Å². The van der Waals surface area contributed by atoms with Gasteiger partial charge < -0.3 is 19.8 Å². The van der Waals surface area contributed by atoms with Gasteiger partial charge in [0.1, 0.15) is 0 Å². The number of carboxylic acid groups (broad SMARTS) is 2. The fourth-order valence-electron chi connectivity index (χ4n) is 4.34. The van der Waals surface area contributed by atoms with Crippen molar-refractivity contribution in [2.75, 3.05) is 13.7 Å². The molecule has 0 aliphatic heterocycles. The number of rotatable bonds is 18. The van der Waals surface area contributed by atoms with Gasteiger partial charge in [-0.05, 0) is 43.2 Å². The van der Waals surface area contributed by atoms with Crippen LogP contribution in [0.2, 0.25) is 0 Å². The highest BCUT2D eigenvalue weighted by Crippen LogP contribution is 2.22. The van der Waals surface area contributed by atoms with Gasteiger partial charge in [-0.3, -0.25) is 9.59 Å². The second kappa shape index (κ2) is 16.9. The molecule has 1 amide bonds. The molecule has 1 aromatic rings. The highest BCUT2D eigenvalue weighted by Gasteiger charge is 2.33. The Morgan fingerprint density at radius 1 is 0.861 bits per heavy atom. The van der Waals surface area contributed by atoms with Crippen molar-refractivity contribution < 1.29 is 38.1 Å². The van der Waals surface area contributed by atoms with Gasteiger partial charge in [0.2, 0.25) is 0 Å². The van der Waals surface area contributed by atoms with Gasteiger partial charge in [0.25, 0.3) is 0 Å². The Morgan fingerprint density at radius 3 is 1.83 bits per heavy atom. The van der Waals surface area contributed by atoms with E-state index >= 15 is 0 Å². The fourth-order valence-corrected chi connectivity index (χ4v) is 4.34. The molecular weight excluding hydrogens is 472 g/mol. The van der Waals surface area contributed by atoms with Gasteiger partial charge in [0.05, 0.1) is 7.11 Å². The molecule has 0 spiro atoms. The quantitative estimate of drug-likeness (QED) is 0.179. The second-order valence-electron chi connectivity index (χ2n) is 9.18. The van der Waals surface area contributed by atoms with Gasteiger partial charge in [-0.25, -0.2) is 13.6 Å². The largest absolute Gasteiger partial charge is 0.481 e. The highest BCUT2D eigenvalue weighted by atomic mass is 19.2. The van der Waals surface area contributed by atoms with E-state index in [-0.39, 0.29) is 31.4 Å². The topological polar surface area (TPSA) is 104 Å². The molecule has 0 radical (unpaired) electrons. The van der Waals surface area contributed by atoms with Crippen LogP contribution in [0.5, 0.6) is 0 Å². The van der Waals surface area contributed by atoms with E-state index in [4.69, 9.17) is 4.74 Å². The van der Waals surface area contributed by atoms with E-state index in [2.05, 4.69) is 6.92 Å². The smallest absolute Gasteiger partial charge is 0.409 e. The summed E-state index contributed by atoms with van der Waals surface area (Å²) in [6.45, 7) is 3.78. The standard InChI is InChI=1S/C27H41F2NO6/c1-4-6-7-8-9-10-11-12-13-19-14-15-20(24(29)23(19)28)16-17-30(27(35)36-3)21(5-2)18-22(25(31)32)26(33)34/h14-15,21-22H,4-13,16-18H2,1-3H3,(H,31,32)(H,33,34). The summed E-state index contributed by atoms with van der Waals surface area (Å²) in [6.07, 6.45) is 8.46. The Morgan fingerprint density at radius 2 is 1.36 bits per heavy atom. The summed E-state index contributed by atoms with van der Waals surface area (Å²) in [7, 11) is 1.15. The summed E-state index contributed by atoms with van der Waals surface area (Å²) in [4.78, 5) is 36.1. The number of benzene rings is 1. The van der Waals surface area contributed by atoms with Crippen LogP contribution >= 0.6 is 0 Å². The Balaban J connectivity index is 2.78. The molecule has 1 rings (SSSR count). The molecule has 204 valence electrons. The van der Waals surface area contributed by atoms with Crippen LogP contribution in [-0.2, 0) is 27.2 Å². The van der Waals surface area contributed by atoms with Crippen molar-refractivity contribution in [3.63, 3.8) is 0 Å². The van der Waals surface area contributed by atoms with Crippen molar-refractivity contribution in [3.8, 4) is 0 Å². The molecule has 1 unspecified atom stereocenters. The van der Waals surface area contributed by atoms with Crippen LogP contribution in [0, 0.1) is 17.6 Å². The van der Waals surface area contributed by atoms with Gasteiger partial charge >= 0.3 is 18.0 Å². The number of carbonyl (C=O) groups is 3. The SMILES string of the molecule is CCCCCCCCCCc1ccc(CCN(C(=O)OC)C(CC)CC(C(=O)O)C(=O)O)c(F)c1F. The number of aliphatic carboxylic acids is 2. The molecule has 0 fully saturated rings. The number of carbonyl (C=O) groups excluding carboxylic acids is 1. The number of methoxy groups -OCH3 is 1. The van der Waals surface area contributed by atoms with Crippen molar-refractivity contribution in [3.05, 3.63) is 34.9 Å². The molecule has 0 aliphatic carbocycles. The molecule has 0 aromatic heterocycles. The lowest BCUT2D eigenvalue weighted by Crippen LogP contribution is -2.44. The molecule has 1 aromatic carbocycles. The molecule has 2 N–H and O–H groups in total. The van der Waals surface area contributed by atoms with Crippen molar-refractivity contribution in [1.29, 1.82) is 0 Å². The van der Waals surface area contributed by atoms with Crippen LogP contribution < -0.4 is 0 Å². The zero-order chi connectivity index (χ0) is 27.1. The van der Waals surface area contributed by atoms with Crippen molar-refractivity contribution >= 4 is 18.0 Å². The van der Waals surface area contributed by atoms with Gasteiger partial charge in [0, 0.05) is 12.6 Å². The Labute approximate surface area is 212 Å². The third-order valence-corrected chi connectivity index (χ3v) is 6.59. The Kier molecular flexibility index (Phi) is 14.7. The highest BCUT2D eigenvalue weighted by molar-refractivity contribution is 5.92. The van der Waals surface area contributed by atoms with Gasteiger partial charge in [0.15, 0.2) is 17.6 Å². The number of amides is 1. The molecule has 0 aliphatic rings. The predicted molar refractivity (Wildman–Crippen MR) is 133 cm³/mol. The van der Waals surface area contributed by atoms with E-state index in [1.165, 1.54) is 36.6 Å². The normalized spacial score (nSPS) is 11.9. The summed E-state index contributed by atoms with van der Waals surface area (Å²) >= 11 is 0. The number of unbranched alkanes of at least 4 members (excludes halogenated alkanes) is 7. The third-order valence-electron chi connectivity index (χ3n) is 6.59. The van der Waals surface area contributed by atoms with E-state index in [0.29, 0.717) is 12.0 Å². The first kappa shape index (κ1) is 31.3. The lowest BCUT2D eigenvalue weighted by atomic mass is 9.96. The Bertz CT molecular complexity index is 834. The monoisotopic (exact) mass is 513 g/mol. The maximum absolute atomic E-state index is 14.8.